The third-order valence-corrected chi connectivity index (χ3v) is 6.28. The molecular weight excluding hydrogens is 470 g/mol. The van der Waals surface area contributed by atoms with Crippen LogP contribution in [0.1, 0.15) is 49.3 Å². The molecule has 1 aromatic heterocycles. The SMILES string of the molecule is Cc1nn(-c2ccccc2)c(C)c1NC(=O)COC(=O)c1ccc2c(c1)CC(c1ccccc1)OC2=O. The van der Waals surface area contributed by atoms with Crippen LogP contribution in [0.25, 0.3) is 5.69 Å². The average Bonchev–Trinajstić information content (AvgIpc) is 3.20. The van der Waals surface area contributed by atoms with Crippen LogP contribution >= 0.6 is 0 Å². The Balaban J connectivity index is 1.24. The minimum absolute atomic E-state index is 0.261. The van der Waals surface area contributed by atoms with E-state index in [1.807, 2.05) is 67.6 Å². The Morgan fingerprint density at radius 2 is 1.73 bits per heavy atom. The number of para-hydroxylation sites is 1. The fourth-order valence-electron chi connectivity index (χ4n) is 4.41. The number of aryl methyl sites for hydroxylation is 1. The predicted molar refractivity (Wildman–Crippen MR) is 137 cm³/mol. The van der Waals surface area contributed by atoms with Crippen LogP contribution < -0.4 is 5.32 Å². The van der Waals surface area contributed by atoms with Gasteiger partial charge in [0.2, 0.25) is 0 Å². The zero-order valence-electron chi connectivity index (χ0n) is 20.4. The maximum atomic E-state index is 12.7. The molecule has 8 nitrogen and oxygen atoms in total. The monoisotopic (exact) mass is 495 g/mol. The minimum Gasteiger partial charge on any atom is -0.454 e. The lowest BCUT2D eigenvalue weighted by Gasteiger charge is -2.25. The lowest BCUT2D eigenvalue weighted by atomic mass is 9.93. The predicted octanol–water partition coefficient (Wildman–Crippen LogP) is 4.74. The molecule has 3 aromatic carbocycles. The highest BCUT2D eigenvalue weighted by Crippen LogP contribution is 2.31. The van der Waals surface area contributed by atoms with Gasteiger partial charge in [-0.1, -0.05) is 48.5 Å². The van der Waals surface area contributed by atoms with Gasteiger partial charge in [0.25, 0.3) is 5.91 Å². The quantitative estimate of drug-likeness (QED) is 0.388. The fourth-order valence-corrected chi connectivity index (χ4v) is 4.41. The van der Waals surface area contributed by atoms with Crippen molar-refractivity contribution in [3.05, 3.63) is 113 Å². The number of cyclic esters (lactones) is 1. The summed E-state index contributed by atoms with van der Waals surface area (Å²) in [7, 11) is 0. The van der Waals surface area contributed by atoms with Crippen LogP contribution in [0.2, 0.25) is 0 Å². The molecule has 2 heterocycles. The molecule has 4 aromatic rings. The van der Waals surface area contributed by atoms with Crippen LogP contribution in [0.4, 0.5) is 5.69 Å². The van der Waals surface area contributed by atoms with E-state index in [0.29, 0.717) is 28.9 Å². The van der Waals surface area contributed by atoms with Crippen molar-refractivity contribution in [1.29, 1.82) is 0 Å². The second-order valence-corrected chi connectivity index (χ2v) is 8.80. The average molecular weight is 496 g/mol. The smallest absolute Gasteiger partial charge is 0.339 e. The van der Waals surface area contributed by atoms with Crippen molar-refractivity contribution >= 4 is 23.5 Å². The Kier molecular flexibility index (Phi) is 6.55. The van der Waals surface area contributed by atoms with E-state index in [1.165, 1.54) is 6.07 Å². The van der Waals surface area contributed by atoms with Gasteiger partial charge in [-0.25, -0.2) is 14.3 Å². The number of ether oxygens (including phenoxy) is 2. The lowest BCUT2D eigenvalue weighted by Crippen LogP contribution is -2.23. The number of nitrogens with one attached hydrogen (secondary N) is 1. The highest BCUT2D eigenvalue weighted by molar-refractivity contribution is 5.98. The molecule has 0 radical (unpaired) electrons. The van der Waals surface area contributed by atoms with Crippen molar-refractivity contribution in [1.82, 2.24) is 9.78 Å². The third kappa shape index (κ3) is 4.99. The van der Waals surface area contributed by atoms with E-state index >= 15 is 0 Å². The van der Waals surface area contributed by atoms with Crippen LogP contribution in [0.15, 0.2) is 78.9 Å². The van der Waals surface area contributed by atoms with Gasteiger partial charge < -0.3 is 14.8 Å². The van der Waals surface area contributed by atoms with Crippen molar-refractivity contribution < 1.29 is 23.9 Å². The summed E-state index contributed by atoms with van der Waals surface area (Å²) in [6.07, 6.45) is 0.0120. The standard InChI is InChI=1S/C29H25N3O5/c1-18-27(19(2)32(31-18)23-11-7-4-8-12-23)30-26(33)17-36-28(34)21-13-14-24-22(15-21)16-25(37-29(24)35)20-9-5-3-6-10-20/h3-15,25H,16-17H2,1-2H3,(H,30,33). The van der Waals surface area contributed by atoms with Gasteiger partial charge >= 0.3 is 11.9 Å². The van der Waals surface area contributed by atoms with Crippen molar-refractivity contribution in [2.24, 2.45) is 0 Å². The molecule has 1 aliphatic rings. The first kappa shape index (κ1) is 24.0. The highest BCUT2D eigenvalue weighted by Gasteiger charge is 2.28. The van der Waals surface area contributed by atoms with Crippen LogP contribution in [0, 0.1) is 13.8 Å². The second-order valence-electron chi connectivity index (χ2n) is 8.80. The number of rotatable bonds is 6. The van der Waals surface area contributed by atoms with Gasteiger partial charge in [-0.15, -0.1) is 0 Å². The summed E-state index contributed by atoms with van der Waals surface area (Å²) in [6.45, 7) is 3.20. The van der Waals surface area contributed by atoms with Gasteiger partial charge in [0.1, 0.15) is 6.10 Å². The minimum atomic E-state index is -0.651. The van der Waals surface area contributed by atoms with Crippen molar-refractivity contribution in [3.63, 3.8) is 0 Å². The number of hydrogen-bond acceptors (Lipinski definition) is 6. The molecule has 1 unspecified atom stereocenters. The van der Waals surface area contributed by atoms with Crippen LogP contribution in [-0.4, -0.2) is 34.2 Å². The zero-order chi connectivity index (χ0) is 25.9. The molecule has 37 heavy (non-hydrogen) atoms. The van der Waals surface area contributed by atoms with E-state index in [2.05, 4.69) is 10.4 Å². The number of hydrogen-bond donors (Lipinski definition) is 1. The normalized spacial score (nSPS) is 14.4. The summed E-state index contributed by atoms with van der Waals surface area (Å²) < 4.78 is 12.6. The Bertz CT molecular complexity index is 1480. The molecule has 0 saturated carbocycles. The molecule has 0 fully saturated rings. The van der Waals surface area contributed by atoms with Crippen LogP contribution in [0.5, 0.6) is 0 Å². The Morgan fingerprint density at radius 3 is 2.46 bits per heavy atom. The van der Waals surface area contributed by atoms with Gasteiger partial charge in [0.15, 0.2) is 6.61 Å². The summed E-state index contributed by atoms with van der Waals surface area (Å²) >= 11 is 0. The number of carbonyl (C=O) groups is 3. The van der Waals surface area contributed by atoms with E-state index in [0.717, 1.165) is 16.9 Å². The number of benzene rings is 3. The molecule has 1 atom stereocenters. The first-order chi connectivity index (χ1) is 17.9. The lowest BCUT2D eigenvalue weighted by molar-refractivity contribution is -0.119. The van der Waals surface area contributed by atoms with E-state index in [9.17, 15) is 14.4 Å². The number of esters is 2. The van der Waals surface area contributed by atoms with Crippen LogP contribution in [-0.2, 0) is 20.7 Å². The molecule has 1 N–H and O–H groups in total. The molecule has 8 heteroatoms. The number of nitrogens with zero attached hydrogens (tertiary/aromatic N) is 2. The molecule has 0 saturated heterocycles. The molecule has 0 bridgehead atoms. The van der Waals surface area contributed by atoms with Crippen molar-refractivity contribution in [2.45, 2.75) is 26.4 Å². The third-order valence-electron chi connectivity index (χ3n) is 6.28. The van der Waals surface area contributed by atoms with Gasteiger partial charge in [-0.2, -0.15) is 5.10 Å². The zero-order valence-corrected chi connectivity index (χ0v) is 20.4. The van der Waals surface area contributed by atoms with Crippen molar-refractivity contribution in [3.8, 4) is 5.69 Å². The summed E-state index contributed by atoms with van der Waals surface area (Å²) in [6, 6.07) is 23.7. The van der Waals surface area contributed by atoms with Crippen LogP contribution in [0.3, 0.4) is 0 Å². The van der Waals surface area contributed by atoms with Gasteiger partial charge in [0, 0.05) is 6.42 Å². The summed E-state index contributed by atoms with van der Waals surface area (Å²) in [4.78, 5) is 37.8. The fraction of sp³-hybridized carbons (Fsp3) is 0.172. The highest BCUT2D eigenvalue weighted by atomic mass is 16.5. The Hall–Kier alpha value is -4.72. The second kappa shape index (κ2) is 10.1. The number of aromatic nitrogens is 2. The maximum absolute atomic E-state index is 12.7. The number of carbonyl (C=O) groups excluding carboxylic acids is 3. The molecule has 1 aliphatic heterocycles. The molecule has 5 rings (SSSR count). The topological polar surface area (TPSA) is 99.5 Å². The summed E-state index contributed by atoms with van der Waals surface area (Å²) in [5.41, 5.74) is 5.12. The first-order valence-electron chi connectivity index (χ1n) is 11.9. The number of anilines is 1. The van der Waals surface area contributed by atoms with E-state index < -0.39 is 30.6 Å². The number of fused-ring (bicyclic) bond motifs is 1. The number of amides is 1. The van der Waals surface area contributed by atoms with Crippen molar-refractivity contribution in [2.75, 3.05) is 11.9 Å². The Labute approximate surface area is 213 Å². The molecule has 1 amide bonds. The van der Waals surface area contributed by atoms with Gasteiger partial charge in [-0.05, 0) is 55.3 Å². The molecule has 0 aliphatic carbocycles. The largest absolute Gasteiger partial charge is 0.454 e. The Morgan fingerprint density at radius 1 is 1.03 bits per heavy atom. The van der Waals surface area contributed by atoms with E-state index in [-0.39, 0.29) is 5.56 Å². The summed E-state index contributed by atoms with van der Waals surface area (Å²) in [5.74, 6) is -1.56. The van der Waals surface area contributed by atoms with Gasteiger partial charge in [-0.3, -0.25) is 4.79 Å². The molecular formula is C29H25N3O5. The van der Waals surface area contributed by atoms with Gasteiger partial charge in [0.05, 0.1) is 33.9 Å². The first-order valence-corrected chi connectivity index (χ1v) is 11.9. The van der Waals surface area contributed by atoms with E-state index in [4.69, 9.17) is 9.47 Å². The molecule has 0 spiro atoms. The molecule has 186 valence electrons. The summed E-state index contributed by atoms with van der Waals surface area (Å²) in [5, 5.41) is 7.30. The van der Waals surface area contributed by atoms with E-state index in [1.54, 1.807) is 23.7 Å². The maximum Gasteiger partial charge on any atom is 0.339 e.